The molecule has 1 unspecified atom stereocenters. The second-order valence-electron chi connectivity index (χ2n) is 3.60. The molecule has 1 aromatic rings. The summed E-state index contributed by atoms with van der Waals surface area (Å²) >= 11 is 1.50. The Morgan fingerprint density at radius 2 is 2.33 bits per heavy atom. The van der Waals surface area contributed by atoms with Crippen molar-refractivity contribution in [1.29, 1.82) is 0 Å². The Kier molecular flexibility index (Phi) is 2.86. The highest BCUT2D eigenvalue weighted by Crippen LogP contribution is 2.33. The number of hydrogen-bond acceptors (Lipinski definition) is 4. The second-order valence-corrected chi connectivity index (χ2v) is 4.85. The minimum absolute atomic E-state index is 0.0880. The molecule has 0 saturated carbocycles. The van der Waals surface area contributed by atoms with Gasteiger partial charge in [0, 0.05) is 17.0 Å². The molecule has 2 rings (SSSR count). The number of nitrogen functional groups attached to an aromatic ring is 1. The quantitative estimate of drug-likeness (QED) is 0.615. The number of anilines is 1. The Morgan fingerprint density at radius 1 is 1.53 bits per heavy atom. The molecular weight excluding hydrogens is 210 g/mol. The third-order valence-electron chi connectivity index (χ3n) is 2.32. The fourth-order valence-electron chi connectivity index (χ4n) is 1.51. The first-order valence-electron chi connectivity index (χ1n) is 4.86. The van der Waals surface area contributed by atoms with Crippen molar-refractivity contribution in [3.8, 4) is 0 Å². The molecule has 1 saturated heterocycles. The van der Waals surface area contributed by atoms with Crippen LogP contribution in [0, 0.1) is 6.92 Å². The van der Waals surface area contributed by atoms with E-state index in [1.54, 1.807) is 0 Å². The first kappa shape index (κ1) is 10.4. The lowest BCUT2D eigenvalue weighted by atomic mass is 10.2. The molecule has 2 N–H and O–H groups in total. The molecule has 1 aromatic carbocycles. The number of nitrogens with two attached hydrogens (primary N) is 1. The molecule has 1 fully saturated rings. The number of rotatable bonds is 2. The molecule has 1 atom stereocenters. The zero-order chi connectivity index (χ0) is 10.8. The van der Waals surface area contributed by atoms with Crippen LogP contribution in [0.4, 0.5) is 5.69 Å². The second kappa shape index (κ2) is 4.14. The number of cyclic esters (lactones) is 1. The van der Waals surface area contributed by atoms with Gasteiger partial charge in [0.2, 0.25) is 0 Å². The van der Waals surface area contributed by atoms with Crippen LogP contribution >= 0.6 is 11.8 Å². The third kappa shape index (κ3) is 2.26. The molecule has 1 aliphatic heterocycles. The van der Waals surface area contributed by atoms with Crippen molar-refractivity contribution in [2.24, 2.45) is 0 Å². The van der Waals surface area contributed by atoms with E-state index in [2.05, 4.69) is 0 Å². The fraction of sp³-hybridized carbons (Fsp3) is 0.364. The predicted molar refractivity (Wildman–Crippen MR) is 60.8 cm³/mol. The minimum atomic E-state index is -0.125. The minimum Gasteiger partial charge on any atom is -0.465 e. The molecule has 15 heavy (non-hydrogen) atoms. The monoisotopic (exact) mass is 223 g/mol. The maximum atomic E-state index is 11.3. The van der Waals surface area contributed by atoms with Gasteiger partial charge in [-0.3, -0.25) is 4.79 Å². The number of carbonyl (C=O) groups is 1. The SMILES string of the molecule is Cc1ccc(SC2CCOC2=O)c(N)c1. The molecular formula is C11H13NO2S. The van der Waals surface area contributed by atoms with Crippen LogP contribution in [0.2, 0.25) is 0 Å². The van der Waals surface area contributed by atoms with E-state index >= 15 is 0 Å². The summed E-state index contributed by atoms with van der Waals surface area (Å²) in [5.74, 6) is -0.125. The van der Waals surface area contributed by atoms with E-state index in [9.17, 15) is 4.79 Å². The molecule has 1 heterocycles. The van der Waals surface area contributed by atoms with Crippen molar-refractivity contribution in [1.82, 2.24) is 0 Å². The van der Waals surface area contributed by atoms with E-state index in [1.165, 1.54) is 11.8 Å². The fourth-order valence-corrected chi connectivity index (χ4v) is 2.54. The van der Waals surface area contributed by atoms with Crippen LogP contribution in [-0.2, 0) is 9.53 Å². The third-order valence-corrected chi connectivity index (χ3v) is 3.66. The number of ether oxygens (including phenoxy) is 1. The lowest BCUT2D eigenvalue weighted by Gasteiger charge is -2.08. The van der Waals surface area contributed by atoms with Crippen molar-refractivity contribution in [2.75, 3.05) is 12.3 Å². The molecule has 0 bridgehead atoms. The molecule has 0 radical (unpaired) electrons. The lowest BCUT2D eigenvalue weighted by Crippen LogP contribution is -2.09. The first-order valence-corrected chi connectivity index (χ1v) is 5.74. The van der Waals surface area contributed by atoms with Crippen LogP contribution < -0.4 is 5.73 Å². The summed E-state index contributed by atoms with van der Waals surface area (Å²) in [6.07, 6.45) is 0.775. The molecule has 0 aromatic heterocycles. The summed E-state index contributed by atoms with van der Waals surface area (Å²) in [5, 5.41) is -0.0880. The van der Waals surface area contributed by atoms with E-state index in [1.807, 2.05) is 25.1 Å². The molecule has 0 amide bonds. The van der Waals surface area contributed by atoms with Crippen LogP contribution in [0.25, 0.3) is 0 Å². The zero-order valence-corrected chi connectivity index (χ0v) is 9.34. The van der Waals surface area contributed by atoms with Crippen molar-refractivity contribution < 1.29 is 9.53 Å². The Labute approximate surface area is 93.0 Å². The molecule has 0 aliphatic carbocycles. The van der Waals surface area contributed by atoms with Gasteiger partial charge in [-0.05, 0) is 24.6 Å². The lowest BCUT2D eigenvalue weighted by molar-refractivity contribution is -0.137. The van der Waals surface area contributed by atoms with E-state index in [0.29, 0.717) is 6.61 Å². The highest BCUT2D eigenvalue weighted by Gasteiger charge is 2.27. The number of aryl methyl sites for hydroxylation is 1. The van der Waals surface area contributed by atoms with Gasteiger partial charge in [0.05, 0.1) is 6.61 Å². The van der Waals surface area contributed by atoms with Crippen LogP contribution in [-0.4, -0.2) is 17.8 Å². The molecule has 80 valence electrons. The predicted octanol–water partition coefficient (Wildman–Crippen LogP) is 1.98. The van der Waals surface area contributed by atoms with E-state index in [0.717, 1.165) is 22.6 Å². The standard InChI is InChI=1S/C11H13NO2S/c1-7-2-3-9(8(12)6-7)15-10-4-5-14-11(10)13/h2-3,6,10H,4-5,12H2,1H3. The Balaban J connectivity index is 2.13. The average molecular weight is 223 g/mol. The highest BCUT2D eigenvalue weighted by molar-refractivity contribution is 8.00. The van der Waals surface area contributed by atoms with Gasteiger partial charge in [0.25, 0.3) is 0 Å². The smallest absolute Gasteiger partial charge is 0.319 e. The van der Waals surface area contributed by atoms with Gasteiger partial charge < -0.3 is 10.5 Å². The maximum Gasteiger partial charge on any atom is 0.319 e. The van der Waals surface area contributed by atoms with Gasteiger partial charge >= 0.3 is 5.97 Å². The van der Waals surface area contributed by atoms with Crippen molar-refractivity contribution >= 4 is 23.4 Å². The molecule has 4 heteroatoms. The summed E-state index contributed by atoms with van der Waals surface area (Å²) in [7, 11) is 0. The normalized spacial score (nSPS) is 20.3. The topological polar surface area (TPSA) is 52.3 Å². The van der Waals surface area contributed by atoms with E-state index < -0.39 is 0 Å². The van der Waals surface area contributed by atoms with Crippen LogP contribution in [0.1, 0.15) is 12.0 Å². The van der Waals surface area contributed by atoms with Crippen LogP contribution in [0.3, 0.4) is 0 Å². The number of esters is 1. The Hall–Kier alpha value is -1.16. The van der Waals surface area contributed by atoms with Crippen LogP contribution in [0.5, 0.6) is 0 Å². The molecule has 0 spiro atoms. The highest BCUT2D eigenvalue weighted by atomic mass is 32.2. The Morgan fingerprint density at radius 3 is 2.93 bits per heavy atom. The van der Waals surface area contributed by atoms with E-state index in [-0.39, 0.29) is 11.2 Å². The summed E-state index contributed by atoms with van der Waals surface area (Å²) in [6.45, 7) is 2.52. The van der Waals surface area contributed by atoms with Gasteiger partial charge in [-0.25, -0.2) is 0 Å². The summed E-state index contributed by atoms with van der Waals surface area (Å²) in [6, 6.07) is 5.88. The number of thioether (sulfide) groups is 1. The number of benzene rings is 1. The summed E-state index contributed by atoms with van der Waals surface area (Å²) < 4.78 is 4.90. The first-order chi connectivity index (χ1) is 7.16. The number of carbonyl (C=O) groups excluding carboxylic acids is 1. The molecule has 1 aliphatic rings. The largest absolute Gasteiger partial charge is 0.465 e. The zero-order valence-electron chi connectivity index (χ0n) is 8.53. The van der Waals surface area contributed by atoms with E-state index in [4.69, 9.17) is 10.5 Å². The van der Waals surface area contributed by atoms with Crippen molar-refractivity contribution in [3.63, 3.8) is 0 Å². The van der Waals surface area contributed by atoms with Crippen molar-refractivity contribution in [2.45, 2.75) is 23.5 Å². The maximum absolute atomic E-state index is 11.3. The van der Waals surface area contributed by atoms with Crippen molar-refractivity contribution in [3.05, 3.63) is 23.8 Å². The van der Waals surface area contributed by atoms with Gasteiger partial charge in [-0.15, -0.1) is 11.8 Å². The van der Waals surface area contributed by atoms with Gasteiger partial charge in [-0.2, -0.15) is 0 Å². The van der Waals surface area contributed by atoms with Gasteiger partial charge in [0.1, 0.15) is 5.25 Å². The summed E-state index contributed by atoms with van der Waals surface area (Å²) in [4.78, 5) is 12.2. The summed E-state index contributed by atoms with van der Waals surface area (Å²) in [5.41, 5.74) is 7.74. The number of hydrogen-bond donors (Lipinski definition) is 1. The van der Waals surface area contributed by atoms with Gasteiger partial charge in [-0.1, -0.05) is 6.07 Å². The average Bonchev–Trinajstić information content (AvgIpc) is 2.57. The Bertz CT molecular complexity index is 392. The van der Waals surface area contributed by atoms with Gasteiger partial charge in [0.15, 0.2) is 0 Å². The molecule has 3 nitrogen and oxygen atoms in total. The van der Waals surface area contributed by atoms with Crippen LogP contribution in [0.15, 0.2) is 23.1 Å².